The Kier molecular flexibility index (Phi) is 3.14. The number of nitrogens with one attached hydrogen (secondary N) is 1. The van der Waals surface area contributed by atoms with Crippen molar-refractivity contribution in [2.24, 2.45) is 0 Å². The van der Waals surface area contributed by atoms with Crippen molar-refractivity contribution in [2.75, 3.05) is 19.7 Å². The van der Waals surface area contributed by atoms with Gasteiger partial charge in [-0.15, -0.1) is 0 Å². The predicted molar refractivity (Wildman–Crippen MR) is 59.4 cm³/mol. The molecule has 3 nitrogen and oxygen atoms in total. The number of hydrogen-bond donors (Lipinski definition) is 2. The molecule has 1 aromatic carbocycles. The minimum Gasteiger partial charge on any atom is -0.508 e. The molecular weight excluding hydrogens is 214 g/mol. The molecule has 1 aliphatic rings. The van der Waals surface area contributed by atoms with Crippen molar-refractivity contribution in [1.29, 1.82) is 0 Å². The zero-order valence-electron chi connectivity index (χ0n) is 8.59. The molecule has 1 aromatic rings. The van der Waals surface area contributed by atoms with Gasteiger partial charge in [0.15, 0.2) is 0 Å². The first kappa shape index (κ1) is 10.7. The highest BCUT2D eigenvalue weighted by molar-refractivity contribution is 6.32. The number of morpholine rings is 1. The van der Waals surface area contributed by atoms with Crippen LogP contribution < -0.4 is 5.32 Å². The van der Waals surface area contributed by atoms with Gasteiger partial charge >= 0.3 is 0 Å². The summed E-state index contributed by atoms with van der Waals surface area (Å²) < 4.78 is 5.57. The molecule has 1 heterocycles. The molecule has 2 rings (SSSR count). The van der Waals surface area contributed by atoms with Crippen molar-refractivity contribution in [3.05, 3.63) is 28.3 Å². The van der Waals surface area contributed by atoms with Gasteiger partial charge in [0.2, 0.25) is 0 Å². The molecule has 82 valence electrons. The molecule has 1 saturated heterocycles. The van der Waals surface area contributed by atoms with E-state index in [2.05, 4.69) is 5.32 Å². The fraction of sp³-hybridized carbons (Fsp3) is 0.455. The summed E-state index contributed by atoms with van der Waals surface area (Å²) in [4.78, 5) is 0. The second-order valence-corrected chi connectivity index (χ2v) is 4.07. The lowest BCUT2D eigenvalue weighted by atomic mass is 10.0. The first-order valence-corrected chi connectivity index (χ1v) is 5.38. The standard InChI is InChI=1S/C11H14ClNO2/c1-7-2-3-8(14)10(11(7)12)9-6-13-4-5-15-9/h2-3,9,13-14H,4-6H2,1H3. The average Bonchev–Trinajstić information content (AvgIpc) is 2.26. The number of hydrogen-bond acceptors (Lipinski definition) is 3. The molecule has 1 atom stereocenters. The van der Waals surface area contributed by atoms with E-state index in [0.29, 0.717) is 23.7 Å². The van der Waals surface area contributed by atoms with Gasteiger partial charge in [-0.2, -0.15) is 0 Å². The summed E-state index contributed by atoms with van der Waals surface area (Å²) in [7, 11) is 0. The third-order valence-corrected chi connectivity index (χ3v) is 3.10. The van der Waals surface area contributed by atoms with Crippen molar-refractivity contribution in [3.8, 4) is 5.75 Å². The van der Waals surface area contributed by atoms with Crippen molar-refractivity contribution >= 4 is 11.6 Å². The Labute approximate surface area is 94.0 Å². The molecule has 0 aliphatic carbocycles. The van der Waals surface area contributed by atoms with Crippen molar-refractivity contribution < 1.29 is 9.84 Å². The van der Waals surface area contributed by atoms with Crippen LogP contribution in [0.15, 0.2) is 12.1 Å². The maximum atomic E-state index is 9.78. The number of phenolic OH excluding ortho intramolecular Hbond substituents is 1. The molecule has 0 radical (unpaired) electrons. The van der Waals surface area contributed by atoms with Crippen LogP contribution in [0.2, 0.25) is 5.02 Å². The van der Waals surface area contributed by atoms with E-state index in [1.807, 2.05) is 6.92 Å². The van der Waals surface area contributed by atoms with Gasteiger partial charge < -0.3 is 15.2 Å². The Morgan fingerprint density at radius 2 is 2.33 bits per heavy atom. The summed E-state index contributed by atoms with van der Waals surface area (Å²) >= 11 is 6.16. The Morgan fingerprint density at radius 3 is 3.00 bits per heavy atom. The quantitative estimate of drug-likeness (QED) is 0.771. The van der Waals surface area contributed by atoms with Crippen LogP contribution in [0.4, 0.5) is 0 Å². The number of phenols is 1. The molecule has 15 heavy (non-hydrogen) atoms. The molecule has 1 aliphatic heterocycles. The third kappa shape index (κ3) is 2.09. The lowest BCUT2D eigenvalue weighted by molar-refractivity contribution is 0.0263. The maximum absolute atomic E-state index is 9.78. The predicted octanol–water partition coefficient (Wildman–Crippen LogP) is 2.01. The van der Waals surface area contributed by atoms with Gasteiger partial charge in [0, 0.05) is 18.7 Å². The number of ether oxygens (including phenoxy) is 1. The average molecular weight is 228 g/mol. The highest BCUT2D eigenvalue weighted by Gasteiger charge is 2.22. The van der Waals surface area contributed by atoms with Crippen LogP contribution in [-0.4, -0.2) is 24.8 Å². The fourth-order valence-electron chi connectivity index (χ4n) is 1.75. The molecule has 0 spiro atoms. The zero-order valence-corrected chi connectivity index (χ0v) is 9.34. The van der Waals surface area contributed by atoms with E-state index in [4.69, 9.17) is 16.3 Å². The van der Waals surface area contributed by atoms with E-state index in [9.17, 15) is 5.11 Å². The number of halogens is 1. The number of benzene rings is 1. The molecule has 0 amide bonds. The molecular formula is C11H14ClNO2. The summed E-state index contributed by atoms with van der Waals surface area (Å²) in [5.74, 6) is 0.208. The summed E-state index contributed by atoms with van der Waals surface area (Å²) in [6.45, 7) is 4.10. The maximum Gasteiger partial charge on any atom is 0.122 e. The highest BCUT2D eigenvalue weighted by atomic mass is 35.5. The van der Waals surface area contributed by atoms with E-state index in [0.717, 1.165) is 12.1 Å². The fourth-order valence-corrected chi connectivity index (χ4v) is 2.03. The first-order chi connectivity index (χ1) is 7.20. The minimum absolute atomic E-state index is 0.147. The molecule has 0 saturated carbocycles. The van der Waals surface area contributed by atoms with Gasteiger partial charge in [0.05, 0.1) is 17.7 Å². The molecule has 1 fully saturated rings. The van der Waals surface area contributed by atoms with Gasteiger partial charge in [-0.1, -0.05) is 17.7 Å². The molecule has 0 aromatic heterocycles. The van der Waals surface area contributed by atoms with Crippen molar-refractivity contribution in [1.82, 2.24) is 5.32 Å². The van der Waals surface area contributed by atoms with Crippen LogP contribution in [0.25, 0.3) is 0 Å². The topological polar surface area (TPSA) is 41.5 Å². The normalized spacial score (nSPS) is 21.6. The van der Waals surface area contributed by atoms with Gasteiger partial charge in [0.25, 0.3) is 0 Å². The van der Waals surface area contributed by atoms with Gasteiger partial charge in [0.1, 0.15) is 5.75 Å². The van der Waals surface area contributed by atoms with Gasteiger partial charge in [-0.25, -0.2) is 0 Å². The smallest absolute Gasteiger partial charge is 0.122 e. The second kappa shape index (κ2) is 4.39. The Morgan fingerprint density at radius 1 is 1.53 bits per heavy atom. The Balaban J connectivity index is 2.36. The first-order valence-electron chi connectivity index (χ1n) is 5.00. The van der Waals surface area contributed by atoms with E-state index in [-0.39, 0.29) is 11.9 Å². The molecule has 4 heteroatoms. The lowest BCUT2D eigenvalue weighted by Gasteiger charge is -2.25. The van der Waals surface area contributed by atoms with Crippen LogP contribution in [0, 0.1) is 6.92 Å². The molecule has 2 N–H and O–H groups in total. The minimum atomic E-state index is -0.147. The number of rotatable bonds is 1. The van der Waals surface area contributed by atoms with Crippen LogP contribution >= 0.6 is 11.6 Å². The van der Waals surface area contributed by atoms with Crippen molar-refractivity contribution in [2.45, 2.75) is 13.0 Å². The summed E-state index contributed by atoms with van der Waals surface area (Å²) in [5, 5.41) is 13.6. The van der Waals surface area contributed by atoms with E-state index in [1.54, 1.807) is 12.1 Å². The van der Waals surface area contributed by atoms with Crippen LogP contribution in [0.1, 0.15) is 17.2 Å². The van der Waals surface area contributed by atoms with E-state index in [1.165, 1.54) is 0 Å². The van der Waals surface area contributed by atoms with Crippen LogP contribution in [-0.2, 0) is 4.74 Å². The van der Waals surface area contributed by atoms with Gasteiger partial charge in [-0.05, 0) is 18.6 Å². The molecule has 1 unspecified atom stereocenters. The van der Waals surface area contributed by atoms with E-state index < -0.39 is 0 Å². The third-order valence-electron chi connectivity index (χ3n) is 2.60. The largest absolute Gasteiger partial charge is 0.508 e. The summed E-state index contributed by atoms with van der Waals surface area (Å²) in [6.07, 6.45) is -0.147. The van der Waals surface area contributed by atoms with E-state index >= 15 is 0 Å². The summed E-state index contributed by atoms with van der Waals surface area (Å²) in [5.41, 5.74) is 1.66. The second-order valence-electron chi connectivity index (χ2n) is 3.69. The van der Waals surface area contributed by atoms with Crippen LogP contribution in [0.5, 0.6) is 5.75 Å². The highest BCUT2D eigenvalue weighted by Crippen LogP contribution is 2.35. The lowest BCUT2D eigenvalue weighted by Crippen LogP contribution is -2.33. The zero-order chi connectivity index (χ0) is 10.8. The Hall–Kier alpha value is -0.770. The van der Waals surface area contributed by atoms with Crippen LogP contribution in [0.3, 0.4) is 0 Å². The van der Waals surface area contributed by atoms with Crippen molar-refractivity contribution in [3.63, 3.8) is 0 Å². The summed E-state index contributed by atoms with van der Waals surface area (Å²) in [6, 6.07) is 3.46. The number of aromatic hydroxyl groups is 1. The van der Waals surface area contributed by atoms with Gasteiger partial charge in [-0.3, -0.25) is 0 Å². The monoisotopic (exact) mass is 227 g/mol. The Bertz CT molecular complexity index is 362. The number of aryl methyl sites for hydroxylation is 1. The SMILES string of the molecule is Cc1ccc(O)c(C2CNCCO2)c1Cl. The molecule has 0 bridgehead atoms.